The first-order chi connectivity index (χ1) is 20.2. The summed E-state index contributed by atoms with van der Waals surface area (Å²) in [5.41, 5.74) is 11.1. The summed E-state index contributed by atoms with van der Waals surface area (Å²) in [6.07, 6.45) is 0. The molecule has 0 aliphatic carbocycles. The third kappa shape index (κ3) is 5.70. The topological polar surface area (TPSA) is 18.5 Å². The van der Waals surface area contributed by atoms with Crippen LogP contribution in [0.4, 0.5) is 45.5 Å². The van der Waals surface area contributed by atoms with Gasteiger partial charge in [-0.2, -0.15) is 0 Å². The van der Waals surface area contributed by atoms with E-state index in [1.165, 1.54) is 11.1 Å². The monoisotopic (exact) mass is 531 g/mol. The second kappa shape index (κ2) is 11.8. The highest BCUT2D eigenvalue weighted by Gasteiger charge is 2.20. The van der Waals surface area contributed by atoms with Crippen molar-refractivity contribution in [2.75, 3.05) is 15.1 Å². The second-order valence-corrected chi connectivity index (χ2v) is 10.1. The molecular weight excluding hydrogens is 498 g/mol. The van der Waals surface area contributed by atoms with Crippen LogP contribution < -0.4 is 15.1 Å². The largest absolute Gasteiger partial charge is 0.355 e. The minimum atomic E-state index is 1.01. The van der Waals surface area contributed by atoms with Gasteiger partial charge in [0.05, 0.1) is 11.4 Å². The Kier molecular flexibility index (Phi) is 7.51. The van der Waals surface area contributed by atoms with Crippen molar-refractivity contribution in [3.05, 3.63) is 169 Å². The third-order valence-corrected chi connectivity index (χ3v) is 7.22. The smallest absolute Gasteiger partial charge is 0.0503 e. The van der Waals surface area contributed by atoms with E-state index in [0.29, 0.717) is 0 Å². The fraction of sp³-hybridized carbons (Fsp3) is 0.0526. The first kappa shape index (κ1) is 26.0. The summed E-state index contributed by atoms with van der Waals surface area (Å²) >= 11 is 0. The average molecular weight is 532 g/mol. The lowest BCUT2D eigenvalue weighted by Crippen LogP contribution is -2.15. The summed E-state index contributed by atoms with van der Waals surface area (Å²) in [5.74, 6) is 0. The molecule has 6 aromatic carbocycles. The lowest BCUT2D eigenvalue weighted by atomic mass is 10.1. The summed E-state index contributed by atoms with van der Waals surface area (Å²) in [5, 5.41) is 3.68. The van der Waals surface area contributed by atoms with Crippen molar-refractivity contribution in [3.8, 4) is 0 Å². The Morgan fingerprint density at radius 2 is 0.780 bits per heavy atom. The highest BCUT2D eigenvalue weighted by Crippen LogP contribution is 2.44. The van der Waals surface area contributed by atoms with Gasteiger partial charge in [0.2, 0.25) is 0 Å². The highest BCUT2D eigenvalue weighted by atomic mass is 15.2. The van der Waals surface area contributed by atoms with E-state index in [9.17, 15) is 0 Å². The Bertz CT molecular complexity index is 1650. The fourth-order valence-corrected chi connectivity index (χ4v) is 5.25. The van der Waals surface area contributed by atoms with Crippen LogP contribution in [0.25, 0.3) is 0 Å². The van der Waals surface area contributed by atoms with Crippen LogP contribution in [0.2, 0.25) is 0 Å². The van der Waals surface area contributed by atoms with Crippen molar-refractivity contribution in [2.45, 2.75) is 13.8 Å². The molecule has 0 saturated carbocycles. The molecule has 41 heavy (non-hydrogen) atoms. The standard InChI is InChI=1S/C38H33N3/c1-29-16-12-14-24-37(29)41(38-25-15-13-17-30(38)2)36-27-32(39-31-18-6-3-7-19-31)26-35(28-36)40(33-20-8-4-9-21-33)34-22-10-5-11-23-34/h3-28,39H,1-2H3. The summed E-state index contributed by atoms with van der Waals surface area (Å²) in [4.78, 5) is 4.69. The second-order valence-electron chi connectivity index (χ2n) is 10.1. The van der Waals surface area contributed by atoms with Crippen molar-refractivity contribution >= 4 is 45.5 Å². The molecule has 3 heteroatoms. The van der Waals surface area contributed by atoms with Crippen molar-refractivity contribution in [1.82, 2.24) is 0 Å². The maximum atomic E-state index is 3.68. The predicted molar refractivity (Wildman–Crippen MR) is 175 cm³/mol. The van der Waals surface area contributed by atoms with Crippen LogP contribution in [0.1, 0.15) is 11.1 Å². The molecule has 0 bridgehead atoms. The first-order valence-electron chi connectivity index (χ1n) is 14.0. The van der Waals surface area contributed by atoms with Gasteiger partial charge in [-0.1, -0.05) is 91.0 Å². The number of hydrogen-bond donors (Lipinski definition) is 1. The van der Waals surface area contributed by atoms with E-state index in [0.717, 1.165) is 45.5 Å². The molecule has 0 aliphatic rings. The van der Waals surface area contributed by atoms with Crippen LogP contribution in [0.3, 0.4) is 0 Å². The highest BCUT2D eigenvalue weighted by molar-refractivity contribution is 5.87. The predicted octanol–water partition coefficient (Wildman–Crippen LogP) is 11.0. The lowest BCUT2D eigenvalue weighted by molar-refractivity contribution is 1.21. The van der Waals surface area contributed by atoms with Gasteiger partial charge < -0.3 is 15.1 Å². The molecule has 0 radical (unpaired) electrons. The molecule has 6 rings (SSSR count). The third-order valence-electron chi connectivity index (χ3n) is 7.22. The Labute approximate surface area is 243 Å². The van der Waals surface area contributed by atoms with Gasteiger partial charge in [-0.15, -0.1) is 0 Å². The zero-order valence-corrected chi connectivity index (χ0v) is 23.4. The number of hydrogen-bond acceptors (Lipinski definition) is 3. The summed E-state index contributed by atoms with van der Waals surface area (Å²) < 4.78 is 0. The molecule has 0 unspecified atom stereocenters. The fourth-order valence-electron chi connectivity index (χ4n) is 5.25. The summed E-state index contributed by atoms with van der Waals surface area (Å²) in [6, 6.07) is 55.4. The van der Waals surface area contributed by atoms with Crippen molar-refractivity contribution in [2.24, 2.45) is 0 Å². The number of rotatable bonds is 8. The minimum absolute atomic E-state index is 1.01. The maximum Gasteiger partial charge on any atom is 0.0503 e. The Morgan fingerprint density at radius 3 is 1.27 bits per heavy atom. The summed E-state index contributed by atoms with van der Waals surface area (Å²) in [6.45, 7) is 4.35. The van der Waals surface area contributed by atoms with Gasteiger partial charge in [0.25, 0.3) is 0 Å². The Morgan fingerprint density at radius 1 is 0.366 bits per heavy atom. The van der Waals surface area contributed by atoms with Gasteiger partial charge in [0.1, 0.15) is 0 Å². The van der Waals surface area contributed by atoms with Gasteiger partial charge in [0, 0.05) is 34.1 Å². The molecule has 0 amide bonds. The van der Waals surface area contributed by atoms with E-state index in [-0.39, 0.29) is 0 Å². The first-order valence-corrected chi connectivity index (χ1v) is 14.0. The number of para-hydroxylation sites is 5. The van der Waals surface area contributed by atoms with E-state index < -0.39 is 0 Å². The van der Waals surface area contributed by atoms with Gasteiger partial charge in [-0.05, 0) is 91.7 Å². The SMILES string of the molecule is Cc1ccccc1N(c1cc(Nc2ccccc2)cc(N(c2ccccc2)c2ccccc2)c1)c1ccccc1C. The van der Waals surface area contributed by atoms with E-state index in [1.807, 2.05) is 6.07 Å². The van der Waals surface area contributed by atoms with Crippen LogP contribution in [-0.2, 0) is 0 Å². The van der Waals surface area contributed by atoms with Gasteiger partial charge in [-0.3, -0.25) is 0 Å². The molecular formula is C38H33N3. The van der Waals surface area contributed by atoms with Crippen LogP contribution in [-0.4, -0.2) is 0 Å². The van der Waals surface area contributed by atoms with Crippen LogP contribution in [0, 0.1) is 13.8 Å². The molecule has 0 atom stereocenters. The van der Waals surface area contributed by atoms with Crippen LogP contribution in [0.5, 0.6) is 0 Å². The van der Waals surface area contributed by atoms with Gasteiger partial charge in [0.15, 0.2) is 0 Å². The van der Waals surface area contributed by atoms with E-state index in [4.69, 9.17) is 0 Å². The normalized spacial score (nSPS) is 10.7. The molecule has 0 spiro atoms. The zero-order chi connectivity index (χ0) is 28.0. The van der Waals surface area contributed by atoms with Crippen LogP contribution >= 0.6 is 0 Å². The molecule has 200 valence electrons. The zero-order valence-electron chi connectivity index (χ0n) is 23.4. The van der Waals surface area contributed by atoms with E-state index in [2.05, 4.69) is 181 Å². The Hall–Kier alpha value is -5.28. The summed E-state index contributed by atoms with van der Waals surface area (Å²) in [7, 11) is 0. The number of nitrogens with zero attached hydrogens (tertiary/aromatic N) is 2. The van der Waals surface area contributed by atoms with Gasteiger partial charge in [-0.25, -0.2) is 0 Å². The van der Waals surface area contributed by atoms with E-state index >= 15 is 0 Å². The molecule has 0 aliphatic heterocycles. The minimum Gasteiger partial charge on any atom is -0.355 e. The molecule has 0 aromatic heterocycles. The van der Waals surface area contributed by atoms with Crippen LogP contribution in [0.15, 0.2) is 158 Å². The van der Waals surface area contributed by atoms with Crippen molar-refractivity contribution < 1.29 is 0 Å². The Balaban J connectivity index is 1.60. The molecule has 0 fully saturated rings. The molecule has 0 heterocycles. The maximum absolute atomic E-state index is 3.68. The number of benzene rings is 6. The lowest BCUT2D eigenvalue weighted by Gasteiger charge is -2.31. The number of anilines is 8. The van der Waals surface area contributed by atoms with Crippen molar-refractivity contribution in [3.63, 3.8) is 0 Å². The molecule has 1 N–H and O–H groups in total. The quantitative estimate of drug-likeness (QED) is 0.211. The number of aryl methyl sites for hydroxylation is 2. The molecule has 0 saturated heterocycles. The van der Waals surface area contributed by atoms with Gasteiger partial charge >= 0.3 is 0 Å². The van der Waals surface area contributed by atoms with Crippen molar-refractivity contribution in [1.29, 1.82) is 0 Å². The average Bonchev–Trinajstić information content (AvgIpc) is 3.01. The molecule has 6 aromatic rings. The molecule has 3 nitrogen and oxygen atoms in total. The number of nitrogens with one attached hydrogen (secondary N) is 1. The van der Waals surface area contributed by atoms with E-state index in [1.54, 1.807) is 0 Å².